The van der Waals surface area contributed by atoms with Gasteiger partial charge in [-0.15, -0.1) is 0 Å². The minimum absolute atomic E-state index is 0.0933. The van der Waals surface area contributed by atoms with Gasteiger partial charge in [-0.2, -0.15) is 0 Å². The molecule has 1 rings (SSSR count). The number of hydrogen-bond donors (Lipinski definition) is 3. The van der Waals surface area contributed by atoms with Crippen molar-refractivity contribution < 1.29 is 9.90 Å². The molecule has 1 aromatic rings. The molecule has 0 spiro atoms. The van der Waals surface area contributed by atoms with E-state index in [2.05, 4.69) is 5.32 Å². The van der Waals surface area contributed by atoms with Crippen molar-refractivity contribution in [3.8, 4) is 5.75 Å². The predicted octanol–water partition coefficient (Wildman–Crippen LogP) is 1.37. The van der Waals surface area contributed by atoms with Gasteiger partial charge >= 0.3 is 0 Å². The van der Waals surface area contributed by atoms with E-state index in [0.717, 1.165) is 0 Å². The molecule has 4 nitrogen and oxygen atoms in total. The van der Waals surface area contributed by atoms with Crippen LogP contribution in [0.2, 0.25) is 0 Å². The fraction of sp³-hybridized carbons (Fsp3) is 0.182. The second kappa shape index (κ2) is 5.17. The first-order valence-electron chi connectivity index (χ1n) is 4.63. The fourth-order valence-corrected chi connectivity index (χ4v) is 1.15. The summed E-state index contributed by atoms with van der Waals surface area (Å²) in [6.45, 7) is 2.03. The van der Waals surface area contributed by atoms with Crippen molar-refractivity contribution in [1.29, 1.82) is 0 Å². The van der Waals surface area contributed by atoms with E-state index in [0.29, 0.717) is 11.3 Å². The molecule has 0 unspecified atom stereocenters. The Labute approximate surface area is 88.4 Å². The van der Waals surface area contributed by atoms with Gasteiger partial charge < -0.3 is 16.2 Å². The molecule has 0 aliphatic rings. The molecule has 0 saturated carbocycles. The molecule has 4 heteroatoms. The molecule has 0 aliphatic carbocycles. The Morgan fingerprint density at radius 2 is 2.33 bits per heavy atom. The van der Waals surface area contributed by atoms with E-state index in [1.165, 1.54) is 12.1 Å². The lowest BCUT2D eigenvalue weighted by atomic mass is 10.2. The molecule has 0 heterocycles. The molecule has 1 aromatic carbocycles. The maximum absolute atomic E-state index is 11.2. The number of carbonyl (C=O) groups is 1. The molecule has 0 aliphatic heterocycles. The molecule has 0 aromatic heterocycles. The zero-order valence-corrected chi connectivity index (χ0v) is 8.53. The quantitative estimate of drug-likeness (QED) is 0.654. The second-order valence-electron chi connectivity index (χ2n) is 3.04. The van der Waals surface area contributed by atoms with Gasteiger partial charge in [0.25, 0.3) is 0 Å². The lowest BCUT2D eigenvalue weighted by molar-refractivity contribution is -0.111. The number of carbonyl (C=O) groups excluding carboxylic acids is 1. The maximum Gasteiger partial charge on any atom is 0.248 e. The third kappa shape index (κ3) is 3.11. The van der Waals surface area contributed by atoms with Crippen LogP contribution in [0.15, 0.2) is 30.4 Å². The van der Waals surface area contributed by atoms with Gasteiger partial charge in [-0.3, -0.25) is 4.79 Å². The summed E-state index contributed by atoms with van der Waals surface area (Å²) in [7, 11) is 0. The zero-order chi connectivity index (χ0) is 11.3. The minimum atomic E-state index is -0.225. The molecule has 0 fully saturated rings. The molecular weight excluding hydrogens is 192 g/mol. The van der Waals surface area contributed by atoms with Crippen LogP contribution >= 0.6 is 0 Å². The van der Waals surface area contributed by atoms with Crippen LogP contribution in [0.1, 0.15) is 12.5 Å². The number of anilines is 1. The third-order valence-corrected chi connectivity index (χ3v) is 1.89. The second-order valence-corrected chi connectivity index (χ2v) is 3.04. The molecule has 0 saturated heterocycles. The average Bonchev–Trinajstić information content (AvgIpc) is 2.18. The van der Waals surface area contributed by atoms with Crippen molar-refractivity contribution in [1.82, 2.24) is 0 Å². The average molecular weight is 206 g/mol. The highest BCUT2D eigenvalue weighted by Crippen LogP contribution is 2.21. The van der Waals surface area contributed by atoms with Crippen LogP contribution in [-0.4, -0.2) is 11.0 Å². The summed E-state index contributed by atoms with van der Waals surface area (Å²) < 4.78 is 0. The molecule has 1 amide bonds. The van der Waals surface area contributed by atoms with Crippen LogP contribution in [0.5, 0.6) is 5.75 Å². The van der Waals surface area contributed by atoms with Gasteiger partial charge in [-0.1, -0.05) is 12.1 Å². The van der Waals surface area contributed by atoms with Crippen molar-refractivity contribution in [3.05, 3.63) is 35.9 Å². The predicted molar refractivity (Wildman–Crippen MR) is 59.4 cm³/mol. The van der Waals surface area contributed by atoms with Crippen LogP contribution in [-0.2, 0) is 11.3 Å². The van der Waals surface area contributed by atoms with Gasteiger partial charge in [0.2, 0.25) is 5.91 Å². The van der Waals surface area contributed by atoms with Crippen molar-refractivity contribution in [2.24, 2.45) is 5.73 Å². The first kappa shape index (κ1) is 11.3. The Morgan fingerprint density at radius 3 is 2.87 bits per heavy atom. The first-order valence-corrected chi connectivity index (χ1v) is 4.63. The Bertz CT molecular complexity index is 386. The van der Waals surface area contributed by atoms with Crippen LogP contribution in [0.3, 0.4) is 0 Å². The molecule has 0 atom stereocenters. The Kier molecular flexibility index (Phi) is 3.88. The van der Waals surface area contributed by atoms with Crippen molar-refractivity contribution >= 4 is 11.6 Å². The molecule has 0 bridgehead atoms. The summed E-state index contributed by atoms with van der Waals surface area (Å²) >= 11 is 0. The fourth-order valence-electron chi connectivity index (χ4n) is 1.15. The molecule has 0 radical (unpaired) electrons. The van der Waals surface area contributed by atoms with E-state index >= 15 is 0 Å². The van der Waals surface area contributed by atoms with E-state index in [1.807, 2.05) is 0 Å². The number of nitrogens with two attached hydrogens (primary N) is 1. The van der Waals surface area contributed by atoms with E-state index < -0.39 is 0 Å². The Morgan fingerprint density at radius 1 is 1.60 bits per heavy atom. The number of amides is 1. The number of benzene rings is 1. The summed E-state index contributed by atoms with van der Waals surface area (Å²) in [5.74, 6) is -0.131. The van der Waals surface area contributed by atoms with E-state index in [9.17, 15) is 9.90 Å². The van der Waals surface area contributed by atoms with E-state index in [-0.39, 0.29) is 18.2 Å². The van der Waals surface area contributed by atoms with Gasteiger partial charge in [0, 0.05) is 23.9 Å². The van der Waals surface area contributed by atoms with Gasteiger partial charge in [0.05, 0.1) is 0 Å². The molecule has 80 valence electrons. The number of rotatable bonds is 3. The van der Waals surface area contributed by atoms with Gasteiger partial charge in [-0.05, 0) is 19.1 Å². The lowest BCUT2D eigenvalue weighted by Crippen LogP contribution is -2.07. The SMILES string of the molecule is C/C=C/C(=O)Nc1ccc(CN)c(O)c1. The number of phenolic OH excluding ortho intramolecular Hbond substituents is 1. The van der Waals surface area contributed by atoms with E-state index in [1.54, 1.807) is 25.1 Å². The van der Waals surface area contributed by atoms with Crippen LogP contribution in [0, 0.1) is 0 Å². The van der Waals surface area contributed by atoms with Gasteiger partial charge in [0.15, 0.2) is 0 Å². The maximum atomic E-state index is 11.2. The van der Waals surface area contributed by atoms with Crippen molar-refractivity contribution in [3.63, 3.8) is 0 Å². The van der Waals surface area contributed by atoms with Crippen LogP contribution < -0.4 is 11.1 Å². The van der Waals surface area contributed by atoms with E-state index in [4.69, 9.17) is 5.73 Å². The summed E-state index contributed by atoms with van der Waals surface area (Å²) in [5, 5.41) is 12.1. The van der Waals surface area contributed by atoms with Crippen molar-refractivity contribution in [2.75, 3.05) is 5.32 Å². The van der Waals surface area contributed by atoms with Gasteiger partial charge in [0.1, 0.15) is 5.75 Å². The topological polar surface area (TPSA) is 75.4 Å². The lowest BCUT2D eigenvalue weighted by Gasteiger charge is -2.05. The Hall–Kier alpha value is -1.81. The number of hydrogen-bond acceptors (Lipinski definition) is 3. The highest BCUT2D eigenvalue weighted by molar-refractivity contribution is 5.99. The summed E-state index contributed by atoms with van der Waals surface area (Å²) in [5.41, 5.74) is 6.59. The highest BCUT2D eigenvalue weighted by Gasteiger charge is 2.02. The molecular formula is C11H14N2O2. The largest absolute Gasteiger partial charge is 0.508 e. The van der Waals surface area contributed by atoms with Crippen LogP contribution in [0.25, 0.3) is 0 Å². The highest BCUT2D eigenvalue weighted by atomic mass is 16.3. The monoisotopic (exact) mass is 206 g/mol. The van der Waals surface area contributed by atoms with Crippen molar-refractivity contribution in [2.45, 2.75) is 13.5 Å². The Balaban J connectivity index is 2.79. The summed E-state index contributed by atoms with van der Waals surface area (Å²) in [6.07, 6.45) is 3.05. The number of phenols is 1. The molecule has 15 heavy (non-hydrogen) atoms. The number of allylic oxidation sites excluding steroid dienone is 1. The van der Waals surface area contributed by atoms with Crippen LogP contribution in [0.4, 0.5) is 5.69 Å². The number of nitrogens with one attached hydrogen (secondary N) is 1. The minimum Gasteiger partial charge on any atom is -0.508 e. The zero-order valence-electron chi connectivity index (χ0n) is 8.53. The van der Waals surface area contributed by atoms with Gasteiger partial charge in [-0.25, -0.2) is 0 Å². The third-order valence-electron chi connectivity index (χ3n) is 1.89. The first-order chi connectivity index (χ1) is 7.17. The summed E-state index contributed by atoms with van der Waals surface area (Å²) in [4.78, 5) is 11.2. The summed E-state index contributed by atoms with van der Waals surface area (Å²) in [6, 6.07) is 4.85. The normalized spacial score (nSPS) is 10.5. The molecule has 4 N–H and O–H groups in total. The smallest absolute Gasteiger partial charge is 0.248 e. The number of aromatic hydroxyl groups is 1. The standard InChI is InChI=1S/C11H14N2O2/c1-2-3-11(15)13-9-5-4-8(7-12)10(14)6-9/h2-6,14H,7,12H2,1H3,(H,13,15)/b3-2+.